The van der Waals surface area contributed by atoms with E-state index >= 15 is 0 Å². The maximum Gasteiger partial charge on any atom is 0.223 e. The van der Waals surface area contributed by atoms with E-state index in [1.807, 2.05) is 24.0 Å². The number of halogens is 1. The molecule has 1 amide bonds. The number of ether oxygens (including phenoxy) is 1. The number of nitrogens with two attached hydrogens (primary N) is 1. The summed E-state index contributed by atoms with van der Waals surface area (Å²) in [5.41, 5.74) is 8.30. The number of amides is 1. The number of hydrogen-bond acceptors (Lipinski definition) is 3. The Balaban J connectivity index is 0.00000312. The maximum atomic E-state index is 12.2. The lowest BCUT2D eigenvalue weighted by atomic mass is 10.1. The normalized spacial score (nSPS) is 13.3. The van der Waals surface area contributed by atoms with Crippen LogP contribution in [0.4, 0.5) is 0 Å². The van der Waals surface area contributed by atoms with Crippen LogP contribution in [0, 0.1) is 0 Å². The molecule has 0 bridgehead atoms. The molecule has 1 heterocycles. The monoisotopic (exact) mass is 460 g/mol. The van der Waals surface area contributed by atoms with Crippen LogP contribution in [0.1, 0.15) is 37.3 Å². The molecule has 0 spiro atoms. The highest BCUT2D eigenvalue weighted by molar-refractivity contribution is 14.0. The Morgan fingerprint density at radius 2 is 1.96 bits per heavy atom. The van der Waals surface area contributed by atoms with Gasteiger partial charge in [0.15, 0.2) is 5.96 Å². The van der Waals surface area contributed by atoms with Crippen LogP contribution < -0.4 is 11.1 Å². The van der Waals surface area contributed by atoms with Crippen molar-refractivity contribution in [2.24, 2.45) is 10.7 Å². The summed E-state index contributed by atoms with van der Waals surface area (Å²) in [7, 11) is 0. The van der Waals surface area contributed by atoms with E-state index in [0.29, 0.717) is 25.3 Å². The third-order valence-corrected chi connectivity index (χ3v) is 4.00. The minimum Gasteiger partial charge on any atom is -0.382 e. The number of aliphatic imine (C=N–C) groups is 1. The first kappa shape index (κ1) is 21.7. The van der Waals surface area contributed by atoms with Crippen molar-refractivity contribution >= 4 is 35.8 Å². The van der Waals surface area contributed by atoms with Gasteiger partial charge in [-0.1, -0.05) is 24.3 Å². The number of carbonyl (C=O) groups excluding carboxylic acids is 1. The van der Waals surface area contributed by atoms with Crippen LogP contribution in [0.15, 0.2) is 29.3 Å². The van der Waals surface area contributed by atoms with Crippen LogP contribution >= 0.6 is 24.0 Å². The number of nitrogens with one attached hydrogen (secondary N) is 1. The topological polar surface area (TPSA) is 80.0 Å². The second-order valence-corrected chi connectivity index (χ2v) is 5.87. The van der Waals surface area contributed by atoms with Gasteiger partial charge in [0.25, 0.3) is 0 Å². The largest absolute Gasteiger partial charge is 0.382 e. The van der Waals surface area contributed by atoms with Gasteiger partial charge in [0.05, 0.1) is 0 Å². The fraction of sp³-hybridized carbons (Fsp3) is 0.556. The van der Waals surface area contributed by atoms with Gasteiger partial charge in [-0.15, -0.1) is 24.0 Å². The van der Waals surface area contributed by atoms with Gasteiger partial charge < -0.3 is 20.7 Å². The minimum atomic E-state index is 0. The molecule has 0 fully saturated rings. The molecule has 1 aromatic rings. The van der Waals surface area contributed by atoms with Crippen molar-refractivity contribution in [3.05, 3.63) is 35.4 Å². The van der Waals surface area contributed by atoms with Gasteiger partial charge in [-0.2, -0.15) is 0 Å². The number of guanidine groups is 1. The molecule has 0 aliphatic carbocycles. The molecular formula is C18H29IN4O2. The average Bonchev–Trinajstić information content (AvgIpc) is 3.02. The number of rotatable bonds is 9. The molecular weight excluding hydrogens is 431 g/mol. The number of benzene rings is 1. The second kappa shape index (κ2) is 12.1. The highest BCUT2D eigenvalue weighted by Gasteiger charge is 2.21. The zero-order valence-corrected chi connectivity index (χ0v) is 17.2. The molecule has 1 aliphatic rings. The van der Waals surface area contributed by atoms with Crippen molar-refractivity contribution in [2.75, 3.05) is 26.3 Å². The van der Waals surface area contributed by atoms with Gasteiger partial charge in [-0.25, -0.2) is 0 Å². The van der Waals surface area contributed by atoms with Crippen molar-refractivity contribution < 1.29 is 9.53 Å². The van der Waals surface area contributed by atoms with Gasteiger partial charge >= 0.3 is 0 Å². The summed E-state index contributed by atoms with van der Waals surface area (Å²) in [6, 6.07) is 8.22. The fourth-order valence-corrected chi connectivity index (χ4v) is 2.69. The summed E-state index contributed by atoms with van der Waals surface area (Å²) >= 11 is 0. The van der Waals surface area contributed by atoms with Crippen molar-refractivity contribution in [3.63, 3.8) is 0 Å². The first-order valence-corrected chi connectivity index (χ1v) is 8.66. The SMILES string of the molecule is CCOCCCNC(N)=NCCCC(=O)N1Cc2ccccc2C1.I. The highest BCUT2D eigenvalue weighted by atomic mass is 127. The van der Waals surface area contributed by atoms with E-state index in [2.05, 4.69) is 22.4 Å². The summed E-state index contributed by atoms with van der Waals surface area (Å²) in [5, 5.41) is 3.05. The van der Waals surface area contributed by atoms with Crippen LogP contribution in [0.5, 0.6) is 0 Å². The predicted molar refractivity (Wildman–Crippen MR) is 111 cm³/mol. The summed E-state index contributed by atoms with van der Waals surface area (Å²) in [4.78, 5) is 18.4. The number of hydrogen-bond donors (Lipinski definition) is 2. The minimum absolute atomic E-state index is 0. The first-order valence-electron chi connectivity index (χ1n) is 8.66. The molecule has 2 rings (SSSR count). The van der Waals surface area contributed by atoms with Crippen LogP contribution in [0.3, 0.4) is 0 Å². The van der Waals surface area contributed by atoms with E-state index in [1.54, 1.807) is 0 Å². The van der Waals surface area contributed by atoms with Gasteiger partial charge in [0.2, 0.25) is 5.91 Å². The van der Waals surface area contributed by atoms with E-state index in [0.717, 1.165) is 39.3 Å². The van der Waals surface area contributed by atoms with Gasteiger partial charge in [-0.3, -0.25) is 9.79 Å². The third kappa shape index (κ3) is 7.60. The number of fused-ring (bicyclic) bond motifs is 1. The molecule has 25 heavy (non-hydrogen) atoms. The van der Waals surface area contributed by atoms with Crippen LogP contribution in [0.25, 0.3) is 0 Å². The van der Waals surface area contributed by atoms with Gasteiger partial charge in [-0.05, 0) is 30.9 Å². The van der Waals surface area contributed by atoms with Crippen LogP contribution in [-0.2, 0) is 22.6 Å². The molecule has 3 N–H and O–H groups in total. The molecule has 0 aromatic heterocycles. The Morgan fingerprint density at radius 3 is 2.60 bits per heavy atom. The number of carbonyl (C=O) groups is 1. The molecule has 6 nitrogen and oxygen atoms in total. The molecule has 7 heteroatoms. The zero-order valence-electron chi connectivity index (χ0n) is 14.9. The summed E-state index contributed by atoms with van der Waals surface area (Å²) in [5.74, 6) is 0.622. The number of nitrogens with zero attached hydrogens (tertiary/aromatic N) is 2. The summed E-state index contributed by atoms with van der Waals surface area (Å²) < 4.78 is 5.25. The maximum absolute atomic E-state index is 12.2. The van der Waals surface area contributed by atoms with E-state index in [-0.39, 0.29) is 29.9 Å². The Hall–Kier alpha value is -1.35. The Morgan fingerprint density at radius 1 is 1.28 bits per heavy atom. The van der Waals surface area contributed by atoms with Crippen molar-refractivity contribution in [3.8, 4) is 0 Å². The molecule has 0 saturated carbocycles. The molecule has 140 valence electrons. The molecule has 1 aromatic carbocycles. The zero-order chi connectivity index (χ0) is 17.2. The molecule has 0 unspecified atom stereocenters. The predicted octanol–water partition coefficient (Wildman–Crippen LogP) is 2.26. The second-order valence-electron chi connectivity index (χ2n) is 5.87. The van der Waals surface area contributed by atoms with Gasteiger partial charge in [0.1, 0.15) is 0 Å². The third-order valence-electron chi connectivity index (χ3n) is 4.00. The Bertz CT molecular complexity index is 541. The lowest BCUT2D eigenvalue weighted by Crippen LogP contribution is -2.33. The van der Waals surface area contributed by atoms with Crippen molar-refractivity contribution in [1.29, 1.82) is 0 Å². The van der Waals surface area contributed by atoms with Crippen LogP contribution in [-0.4, -0.2) is 43.1 Å². The fourth-order valence-electron chi connectivity index (χ4n) is 2.69. The lowest BCUT2D eigenvalue weighted by Gasteiger charge is -2.14. The van der Waals surface area contributed by atoms with Crippen molar-refractivity contribution in [1.82, 2.24) is 10.2 Å². The summed E-state index contributed by atoms with van der Waals surface area (Å²) in [6.45, 7) is 6.20. The molecule has 1 aliphatic heterocycles. The molecule has 0 saturated heterocycles. The van der Waals surface area contributed by atoms with Gasteiger partial charge in [0, 0.05) is 45.8 Å². The summed E-state index contributed by atoms with van der Waals surface area (Å²) in [6.07, 6.45) is 2.13. The van der Waals surface area contributed by atoms with E-state index < -0.39 is 0 Å². The van der Waals surface area contributed by atoms with Crippen LogP contribution in [0.2, 0.25) is 0 Å². The Labute approximate surface area is 167 Å². The average molecular weight is 460 g/mol. The molecule has 0 radical (unpaired) electrons. The quantitative estimate of drug-likeness (QED) is 0.257. The lowest BCUT2D eigenvalue weighted by molar-refractivity contribution is -0.131. The van der Waals surface area contributed by atoms with Crippen molar-refractivity contribution in [2.45, 2.75) is 39.3 Å². The van der Waals surface area contributed by atoms with E-state index in [1.165, 1.54) is 11.1 Å². The molecule has 0 atom stereocenters. The standard InChI is InChI=1S/C18H28N4O2.HI/c1-2-24-12-6-11-21-18(19)20-10-5-9-17(23)22-13-15-7-3-4-8-16(15)14-22;/h3-4,7-8H,2,5-6,9-14H2,1H3,(H3,19,20,21);1H. The smallest absolute Gasteiger partial charge is 0.223 e. The first-order chi connectivity index (χ1) is 11.7. The van der Waals surface area contributed by atoms with E-state index in [4.69, 9.17) is 10.5 Å². The Kier molecular flexibility index (Phi) is 10.5. The van der Waals surface area contributed by atoms with E-state index in [9.17, 15) is 4.79 Å². The highest BCUT2D eigenvalue weighted by Crippen LogP contribution is 2.22.